The van der Waals surface area contributed by atoms with Gasteiger partial charge in [-0.15, -0.1) is 0 Å². The van der Waals surface area contributed by atoms with E-state index >= 15 is 0 Å². The van der Waals surface area contributed by atoms with Gasteiger partial charge >= 0.3 is 18.4 Å². The lowest BCUT2D eigenvalue weighted by Crippen LogP contribution is -2.36. The summed E-state index contributed by atoms with van der Waals surface area (Å²) in [6, 6.07) is 9.34. The minimum Gasteiger partial charge on any atom is -0.329 e. The van der Waals surface area contributed by atoms with E-state index in [1.807, 2.05) is 6.07 Å². The van der Waals surface area contributed by atoms with Crippen molar-refractivity contribution in [2.24, 2.45) is 0 Å². The van der Waals surface area contributed by atoms with Gasteiger partial charge < -0.3 is 10.6 Å². The molecule has 0 spiro atoms. The molecule has 0 unspecified atom stereocenters. The molecule has 0 saturated heterocycles. The van der Waals surface area contributed by atoms with Crippen LogP contribution in [0, 0.1) is 11.3 Å². The normalized spacial score (nSPS) is 11.8. The van der Waals surface area contributed by atoms with Gasteiger partial charge in [-0.3, -0.25) is 4.40 Å². The number of nitrogens with one attached hydrogen (secondary N) is 2. The third kappa shape index (κ3) is 5.52. The largest absolute Gasteiger partial charge is 0.451 e. The lowest BCUT2D eigenvalue weighted by atomic mass is 10.1. The molecule has 0 aliphatic carbocycles. The Bertz CT molecular complexity index is 1490. The smallest absolute Gasteiger partial charge is 0.329 e. The summed E-state index contributed by atoms with van der Waals surface area (Å²) >= 11 is 0. The molecule has 184 valence electrons. The zero-order valence-corrected chi connectivity index (χ0v) is 17.8. The highest BCUT2D eigenvalue weighted by molar-refractivity contribution is 5.90. The third-order valence-electron chi connectivity index (χ3n) is 4.78. The lowest BCUT2D eigenvalue weighted by Gasteiger charge is -2.11. The van der Waals surface area contributed by atoms with Gasteiger partial charge in [0.2, 0.25) is 5.82 Å². The van der Waals surface area contributed by atoms with Crippen molar-refractivity contribution in [3.8, 4) is 28.6 Å². The number of carbonyl (C=O) groups is 1. The quantitative estimate of drug-likeness (QED) is 0.378. The van der Waals surface area contributed by atoms with Crippen molar-refractivity contribution in [1.29, 1.82) is 5.26 Å². The fourth-order valence-corrected chi connectivity index (χ4v) is 3.28. The van der Waals surface area contributed by atoms with Crippen LogP contribution < -0.4 is 10.6 Å². The molecular formula is C22H13F6N7O. The summed E-state index contributed by atoms with van der Waals surface area (Å²) in [6.45, 7) is -1.53. The number of aromatic nitrogens is 4. The molecule has 8 nitrogen and oxygen atoms in total. The Kier molecular flexibility index (Phi) is 6.23. The van der Waals surface area contributed by atoms with Gasteiger partial charge in [0, 0.05) is 29.2 Å². The van der Waals surface area contributed by atoms with Crippen LogP contribution in [-0.4, -0.2) is 38.1 Å². The first-order valence-corrected chi connectivity index (χ1v) is 9.98. The summed E-state index contributed by atoms with van der Waals surface area (Å²) in [5.41, 5.74) is 1.76. The highest BCUT2D eigenvalue weighted by Gasteiger charge is 2.34. The van der Waals surface area contributed by atoms with Crippen LogP contribution >= 0.6 is 0 Å². The SMILES string of the molecule is N#Cc1cc(NC(=O)NCC(F)(F)F)cc(-c2cnc3cc(-c4ccnc(C(F)(F)F)n4)ccn23)c1. The summed E-state index contributed by atoms with van der Waals surface area (Å²) in [7, 11) is 0. The molecule has 0 atom stereocenters. The molecule has 0 aliphatic heterocycles. The minimum absolute atomic E-state index is 0.0345. The van der Waals surface area contributed by atoms with Crippen LogP contribution in [0.25, 0.3) is 28.2 Å². The molecule has 2 amide bonds. The van der Waals surface area contributed by atoms with Crippen LogP contribution in [0.15, 0.2) is 55.0 Å². The Labute approximate surface area is 198 Å². The van der Waals surface area contributed by atoms with Crippen LogP contribution in [-0.2, 0) is 6.18 Å². The van der Waals surface area contributed by atoms with E-state index in [9.17, 15) is 36.4 Å². The number of pyridine rings is 1. The average Bonchev–Trinajstić information content (AvgIpc) is 3.25. The molecule has 0 radical (unpaired) electrons. The molecule has 36 heavy (non-hydrogen) atoms. The van der Waals surface area contributed by atoms with Crippen molar-refractivity contribution in [1.82, 2.24) is 24.7 Å². The zero-order valence-electron chi connectivity index (χ0n) is 17.8. The summed E-state index contributed by atoms with van der Waals surface area (Å²) in [5.74, 6) is -1.28. The van der Waals surface area contributed by atoms with Gasteiger partial charge in [-0.25, -0.2) is 19.7 Å². The highest BCUT2D eigenvalue weighted by Crippen LogP contribution is 2.30. The van der Waals surface area contributed by atoms with E-state index in [0.29, 0.717) is 22.5 Å². The van der Waals surface area contributed by atoms with Gasteiger partial charge in [0.15, 0.2) is 0 Å². The fourth-order valence-electron chi connectivity index (χ4n) is 3.28. The standard InChI is InChI=1S/C22H13F6N7O/c23-21(24,25)11-32-20(36)33-15-6-12(9-29)5-14(7-15)17-10-31-18-8-13(2-4-35(17)18)16-1-3-30-19(34-16)22(26,27)28/h1-8,10H,11H2,(H2,32,33,36). The second-order valence-corrected chi connectivity index (χ2v) is 7.38. The van der Waals surface area contributed by atoms with E-state index in [0.717, 1.165) is 6.20 Å². The van der Waals surface area contributed by atoms with Crippen molar-refractivity contribution < 1.29 is 31.1 Å². The van der Waals surface area contributed by atoms with Crippen molar-refractivity contribution in [2.75, 3.05) is 11.9 Å². The second-order valence-electron chi connectivity index (χ2n) is 7.38. The Morgan fingerprint density at radius 2 is 1.81 bits per heavy atom. The van der Waals surface area contributed by atoms with E-state index in [1.54, 1.807) is 9.72 Å². The van der Waals surface area contributed by atoms with Crippen LogP contribution in [0.3, 0.4) is 0 Å². The molecule has 4 rings (SSSR count). The van der Waals surface area contributed by atoms with Crippen LogP contribution in [0.4, 0.5) is 36.8 Å². The van der Waals surface area contributed by atoms with E-state index < -0.39 is 30.8 Å². The Morgan fingerprint density at radius 3 is 2.50 bits per heavy atom. The second kappa shape index (κ2) is 9.17. The number of amides is 2. The maximum Gasteiger partial charge on any atom is 0.451 e. The number of anilines is 1. The maximum atomic E-state index is 13.0. The van der Waals surface area contributed by atoms with Gasteiger partial charge in [-0.2, -0.15) is 31.6 Å². The molecule has 0 fully saturated rings. The van der Waals surface area contributed by atoms with Crippen molar-refractivity contribution in [3.05, 3.63) is 66.4 Å². The topological polar surface area (TPSA) is 108 Å². The van der Waals surface area contributed by atoms with E-state index in [4.69, 9.17) is 0 Å². The summed E-state index contributed by atoms with van der Waals surface area (Å²) in [6.07, 6.45) is -5.33. The first-order valence-electron chi connectivity index (χ1n) is 9.98. The molecule has 0 saturated carbocycles. The molecule has 4 aromatic rings. The molecule has 3 aromatic heterocycles. The number of halogens is 6. The van der Waals surface area contributed by atoms with Gasteiger partial charge in [0.1, 0.15) is 12.2 Å². The first-order chi connectivity index (χ1) is 16.9. The number of hydrogen-bond donors (Lipinski definition) is 2. The number of fused-ring (bicyclic) bond motifs is 1. The molecular weight excluding hydrogens is 492 g/mol. The Hall–Kier alpha value is -4.67. The van der Waals surface area contributed by atoms with E-state index in [2.05, 4.69) is 20.3 Å². The van der Waals surface area contributed by atoms with Crippen molar-refractivity contribution in [2.45, 2.75) is 12.4 Å². The van der Waals surface area contributed by atoms with Crippen molar-refractivity contribution in [3.63, 3.8) is 0 Å². The summed E-state index contributed by atoms with van der Waals surface area (Å²) < 4.78 is 77.4. The van der Waals surface area contributed by atoms with Crippen LogP contribution in [0.1, 0.15) is 11.4 Å². The number of nitrogens with zero attached hydrogens (tertiary/aromatic N) is 5. The number of alkyl halides is 6. The first kappa shape index (κ1) is 24.5. The maximum absolute atomic E-state index is 13.0. The lowest BCUT2D eigenvalue weighted by molar-refractivity contribution is -0.144. The number of imidazole rings is 1. The van der Waals surface area contributed by atoms with Gasteiger partial charge in [-0.1, -0.05) is 0 Å². The number of urea groups is 1. The zero-order chi connectivity index (χ0) is 26.1. The molecule has 1 aromatic carbocycles. The Morgan fingerprint density at radius 1 is 1.03 bits per heavy atom. The predicted molar refractivity (Wildman–Crippen MR) is 114 cm³/mol. The highest BCUT2D eigenvalue weighted by atomic mass is 19.4. The molecule has 0 bridgehead atoms. The van der Waals surface area contributed by atoms with Crippen molar-refractivity contribution >= 4 is 17.4 Å². The molecule has 3 heterocycles. The van der Waals surface area contributed by atoms with Crippen LogP contribution in [0.2, 0.25) is 0 Å². The average molecular weight is 505 g/mol. The van der Waals surface area contributed by atoms with Gasteiger partial charge in [0.05, 0.1) is 29.2 Å². The predicted octanol–water partition coefficient (Wildman–Crippen LogP) is 5.03. The molecule has 0 aliphatic rings. The number of carbonyl (C=O) groups excluding carboxylic acids is 1. The summed E-state index contributed by atoms with van der Waals surface area (Å²) in [4.78, 5) is 22.9. The number of benzene rings is 1. The monoisotopic (exact) mass is 505 g/mol. The number of hydrogen-bond acceptors (Lipinski definition) is 5. The molecule has 14 heteroatoms. The van der Waals surface area contributed by atoms with E-state index in [1.165, 1.54) is 48.8 Å². The summed E-state index contributed by atoms with van der Waals surface area (Å²) in [5, 5.41) is 13.3. The van der Waals surface area contributed by atoms with Crippen LogP contribution in [0.5, 0.6) is 0 Å². The van der Waals surface area contributed by atoms with Gasteiger partial charge in [0.25, 0.3) is 0 Å². The Balaban J connectivity index is 1.66. The third-order valence-corrected chi connectivity index (χ3v) is 4.78. The molecule has 2 N–H and O–H groups in total. The fraction of sp³-hybridized carbons (Fsp3) is 0.136. The van der Waals surface area contributed by atoms with E-state index in [-0.39, 0.29) is 16.9 Å². The number of nitriles is 1. The minimum atomic E-state index is -4.71. The number of rotatable bonds is 4. The van der Waals surface area contributed by atoms with Gasteiger partial charge in [-0.05, 0) is 36.4 Å².